The molecule has 0 spiro atoms. The number of fused-ring (bicyclic) bond motifs is 1. The number of nitrogens with zero attached hydrogens (tertiary/aromatic N) is 1. The van der Waals surface area contributed by atoms with Crippen LogP contribution in [0.25, 0.3) is 0 Å². The summed E-state index contributed by atoms with van der Waals surface area (Å²) >= 11 is 1.36. The van der Waals surface area contributed by atoms with Crippen molar-refractivity contribution in [3.63, 3.8) is 0 Å². The van der Waals surface area contributed by atoms with E-state index >= 15 is 0 Å². The second-order valence-corrected chi connectivity index (χ2v) is 6.09. The number of nitro groups is 1. The molecule has 0 unspecified atom stereocenters. The first-order valence-corrected chi connectivity index (χ1v) is 7.75. The molecule has 2 N–H and O–H groups in total. The fourth-order valence-corrected chi connectivity index (χ4v) is 3.85. The quantitative estimate of drug-likeness (QED) is 0.657. The molecule has 0 bridgehead atoms. The predicted octanol–water partition coefficient (Wildman–Crippen LogP) is 2.35. The second kappa shape index (κ2) is 5.84. The van der Waals surface area contributed by atoms with Crippen LogP contribution < -0.4 is 10.6 Å². The van der Waals surface area contributed by atoms with Gasteiger partial charge in [-0.1, -0.05) is 0 Å². The van der Waals surface area contributed by atoms with Crippen LogP contribution in [0.5, 0.6) is 0 Å². The SMILES string of the molecule is CNC(=O)c1c(NC(=O)c2ccc([N+](=O)[O-])o2)sc2c1CCC2. The third kappa shape index (κ3) is 2.70. The fraction of sp³-hybridized carbons (Fsp3) is 0.286. The average Bonchev–Trinajstić information content (AvgIpc) is 3.21. The summed E-state index contributed by atoms with van der Waals surface area (Å²) in [5, 5.41) is 16.2. The predicted molar refractivity (Wildman–Crippen MR) is 83.0 cm³/mol. The Labute approximate surface area is 134 Å². The van der Waals surface area contributed by atoms with Gasteiger partial charge in [0.05, 0.1) is 11.6 Å². The Hall–Kier alpha value is -2.68. The first-order chi connectivity index (χ1) is 11.0. The van der Waals surface area contributed by atoms with Crippen molar-refractivity contribution < 1.29 is 18.9 Å². The van der Waals surface area contributed by atoms with Gasteiger partial charge in [0, 0.05) is 11.9 Å². The Morgan fingerprint density at radius 1 is 1.30 bits per heavy atom. The number of rotatable bonds is 4. The number of nitrogens with one attached hydrogen (secondary N) is 2. The Morgan fingerprint density at radius 3 is 2.74 bits per heavy atom. The van der Waals surface area contributed by atoms with Gasteiger partial charge in [-0.2, -0.15) is 0 Å². The highest BCUT2D eigenvalue weighted by atomic mass is 32.1. The minimum absolute atomic E-state index is 0.173. The zero-order chi connectivity index (χ0) is 16.6. The van der Waals surface area contributed by atoms with Crippen molar-refractivity contribution in [1.82, 2.24) is 5.32 Å². The Balaban J connectivity index is 1.89. The van der Waals surface area contributed by atoms with E-state index < -0.39 is 16.7 Å². The van der Waals surface area contributed by atoms with E-state index in [1.165, 1.54) is 24.5 Å². The summed E-state index contributed by atoms with van der Waals surface area (Å²) in [6, 6.07) is 2.34. The lowest BCUT2D eigenvalue weighted by Crippen LogP contribution is -2.21. The molecule has 23 heavy (non-hydrogen) atoms. The van der Waals surface area contributed by atoms with Crippen LogP contribution in [0.2, 0.25) is 0 Å². The van der Waals surface area contributed by atoms with Crippen molar-refractivity contribution in [1.29, 1.82) is 0 Å². The smallest absolute Gasteiger partial charge is 0.395 e. The number of furan rings is 1. The summed E-state index contributed by atoms with van der Waals surface area (Å²) < 4.78 is 4.88. The maximum absolute atomic E-state index is 12.2. The largest absolute Gasteiger partial charge is 0.433 e. The van der Waals surface area contributed by atoms with E-state index in [0.29, 0.717) is 10.6 Å². The number of anilines is 1. The first kappa shape index (κ1) is 15.2. The molecule has 2 amide bonds. The van der Waals surface area contributed by atoms with Gasteiger partial charge in [-0.15, -0.1) is 11.3 Å². The lowest BCUT2D eigenvalue weighted by atomic mass is 10.1. The zero-order valence-electron chi connectivity index (χ0n) is 12.2. The summed E-state index contributed by atoms with van der Waals surface area (Å²) in [6.07, 6.45) is 2.67. The lowest BCUT2D eigenvalue weighted by Gasteiger charge is -2.06. The van der Waals surface area contributed by atoms with Gasteiger partial charge in [-0.3, -0.25) is 19.7 Å². The third-order valence-electron chi connectivity index (χ3n) is 3.60. The lowest BCUT2D eigenvalue weighted by molar-refractivity contribution is -0.402. The van der Waals surface area contributed by atoms with Crippen molar-refractivity contribution in [2.24, 2.45) is 0 Å². The summed E-state index contributed by atoms with van der Waals surface area (Å²) in [7, 11) is 1.53. The van der Waals surface area contributed by atoms with Crippen LogP contribution >= 0.6 is 11.3 Å². The number of carbonyl (C=O) groups is 2. The molecule has 2 heterocycles. The van der Waals surface area contributed by atoms with E-state index in [1.54, 1.807) is 0 Å². The van der Waals surface area contributed by atoms with Crippen molar-refractivity contribution in [2.75, 3.05) is 12.4 Å². The summed E-state index contributed by atoms with van der Waals surface area (Å²) in [4.78, 5) is 35.3. The van der Waals surface area contributed by atoms with Crippen LogP contribution in [0.3, 0.4) is 0 Å². The molecule has 120 valence electrons. The molecule has 1 aliphatic carbocycles. The van der Waals surface area contributed by atoms with E-state index in [1.807, 2.05) is 0 Å². The maximum Gasteiger partial charge on any atom is 0.433 e. The number of carbonyl (C=O) groups excluding carboxylic acids is 2. The van der Waals surface area contributed by atoms with Crippen LogP contribution in [0.4, 0.5) is 10.9 Å². The number of hydrogen-bond donors (Lipinski definition) is 2. The molecule has 8 nitrogen and oxygen atoms in total. The highest BCUT2D eigenvalue weighted by molar-refractivity contribution is 7.17. The molecule has 0 fully saturated rings. The van der Waals surface area contributed by atoms with Gasteiger partial charge in [0.1, 0.15) is 9.92 Å². The zero-order valence-corrected chi connectivity index (χ0v) is 13.0. The summed E-state index contributed by atoms with van der Waals surface area (Å²) in [6.45, 7) is 0. The number of thiophene rings is 1. The third-order valence-corrected chi connectivity index (χ3v) is 4.81. The highest BCUT2D eigenvalue weighted by Crippen LogP contribution is 2.39. The number of amides is 2. The van der Waals surface area contributed by atoms with Crippen LogP contribution in [-0.4, -0.2) is 23.8 Å². The maximum atomic E-state index is 12.2. The summed E-state index contributed by atoms with van der Waals surface area (Å²) in [5.41, 5.74) is 1.44. The van der Waals surface area contributed by atoms with Gasteiger partial charge >= 0.3 is 5.88 Å². The molecule has 0 aliphatic heterocycles. The van der Waals surface area contributed by atoms with Gasteiger partial charge in [0.15, 0.2) is 5.76 Å². The van der Waals surface area contributed by atoms with Crippen molar-refractivity contribution in [2.45, 2.75) is 19.3 Å². The van der Waals surface area contributed by atoms with Gasteiger partial charge in [-0.05, 0) is 30.9 Å². The fourth-order valence-electron chi connectivity index (χ4n) is 2.57. The van der Waals surface area contributed by atoms with Crippen molar-refractivity contribution >= 4 is 34.0 Å². The van der Waals surface area contributed by atoms with E-state index in [2.05, 4.69) is 10.6 Å². The first-order valence-electron chi connectivity index (χ1n) is 6.93. The number of aryl methyl sites for hydroxylation is 1. The molecular weight excluding hydrogens is 322 g/mol. The minimum atomic E-state index is -0.716. The molecule has 3 rings (SSSR count). The Bertz CT molecular complexity index is 807. The van der Waals surface area contributed by atoms with Gasteiger partial charge < -0.3 is 15.1 Å². The molecule has 1 aliphatic rings. The second-order valence-electron chi connectivity index (χ2n) is 4.99. The van der Waals surface area contributed by atoms with Crippen LogP contribution in [0.15, 0.2) is 16.5 Å². The monoisotopic (exact) mass is 335 g/mol. The molecule has 0 atom stereocenters. The van der Waals surface area contributed by atoms with Crippen LogP contribution in [0, 0.1) is 10.1 Å². The molecule has 9 heteroatoms. The standard InChI is InChI=1S/C14H13N3O5S/c1-15-13(19)11-7-3-2-4-9(7)23-14(11)16-12(18)8-5-6-10(22-8)17(20)21/h5-6H,2-4H2,1H3,(H,15,19)(H,16,18). The van der Waals surface area contributed by atoms with Crippen LogP contribution in [0.1, 0.15) is 37.8 Å². The molecule has 2 aromatic rings. The molecular formula is C14H13N3O5S. The van der Waals surface area contributed by atoms with Crippen molar-refractivity contribution in [3.05, 3.63) is 44.0 Å². The molecule has 0 radical (unpaired) electrons. The molecule has 0 saturated carbocycles. The molecule has 0 saturated heterocycles. The minimum Gasteiger partial charge on any atom is -0.395 e. The average molecular weight is 335 g/mol. The topological polar surface area (TPSA) is 114 Å². The van der Waals surface area contributed by atoms with E-state index in [9.17, 15) is 19.7 Å². The summed E-state index contributed by atoms with van der Waals surface area (Å²) in [5.74, 6) is -1.56. The Morgan fingerprint density at radius 2 is 2.09 bits per heavy atom. The van der Waals surface area contributed by atoms with E-state index in [0.717, 1.165) is 35.8 Å². The Kier molecular flexibility index (Phi) is 3.87. The van der Waals surface area contributed by atoms with Crippen LogP contribution in [-0.2, 0) is 12.8 Å². The normalized spacial score (nSPS) is 12.7. The van der Waals surface area contributed by atoms with Crippen molar-refractivity contribution in [3.8, 4) is 0 Å². The number of hydrogen-bond acceptors (Lipinski definition) is 6. The van der Waals surface area contributed by atoms with Gasteiger partial charge in [0.25, 0.3) is 11.8 Å². The van der Waals surface area contributed by atoms with E-state index in [-0.39, 0.29) is 11.7 Å². The molecule has 0 aromatic carbocycles. The highest BCUT2D eigenvalue weighted by Gasteiger charge is 2.28. The molecule has 2 aromatic heterocycles. The van der Waals surface area contributed by atoms with Gasteiger partial charge in [0.2, 0.25) is 0 Å². The van der Waals surface area contributed by atoms with Gasteiger partial charge in [-0.25, -0.2) is 0 Å². The van der Waals surface area contributed by atoms with E-state index in [4.69, 9.17) is 4.42 Å².